The third kappa shape index (κ3) is 2.71. The molecule has 0 fully saturated rings. The molecule has 0 spiro atoms. The summed E-state index contributed by atoms with van der Waals surface area (Å²) in [4.78, 5) is 13.6. The second kappa shape index (κ2) is 4.62. The van der Waals surface area contributed by atoms with Gasteiger partial charge in [-0.3, -0.25) is 0 Å². The number of halogens is 3. The average Bonchev–Trinajstić information content (AvgIpc) is 2.82. The van der Waals surface area contributed by atoms with Crippen molar-refractivity contribution in [3.63, 3.8) is 0 Å². The highest BCUT2D eigenvalue weighted by Crippen LogP contribution is 2.29. The number of nitrogens with zero attached hydrogens (tertiary/aromatic N) is 3. The number of aromatic amines is 1. The fourth-order valence-electron chi connectivity index (χ4n) is 1.78. The Morgan fingerprint density at radius 3 is 2.67 bits per heavy atom. The van der Waals surface area contributed by atoms with Crippen molar-refractivity contribution >= 4 is 28.5 Å². The van der Waals surface area contributed by atoms with E-state index in [2.05, 4.69) is 25.3 Å². The number of imidazole rings is 1. The van der Waals surface area contributed by atoms with Gasteiger partial charge in [0, 0.05) is 11.9 Å². The molecule has 2 heterocycles. The Morgan fingerprint density at radius 2 is 1.95 bits per heavy atom. The number of anilines is 3. The highest BCUT2D eigenvalue weighted by atomic mass is 19.4. The van der Waals surface area contributed by atoms with Gasteiger partial charge in [0.1, 0.15) is 5.82 Å². The summed E-state index contributed by atoms with van der Waals surface area (Å²) in [7, 11) is 0. The molecule has 0 unspecified atom stereocenters. The molecule has 4 N–H and O–H groups in total. The number of alkyl halides is 3. The molecule has 2 aromatic heterocycles. The van der Waals surface area contributed by atoms with E-state index in [-0.39, 0.29) is 22.8 Å². The summed E-state index contributed by atoms with van der Waals surface area (Å²) in [5, 5.41) is 2.85. The third-order valence-electron chi connectivity index (χ3n) is 2.68. The fourth-order valence-corrected chi connectivity index (χ4v) is 1.78. The molecular weight excluding hydrogens is 285 g/mol. The maximum Gasteiger partial charge on any atom is 0.449 e. The van der Waals surface area contributed by atoms with Crippen LogP contribution in [-0.2, 0) is 6.18 Å². The van der Waals surface area contributed by atoms with E-state index < -0.39 is 12.0 Å². The van der Waals surface area contributed by atoms with Crippen LogP contribution < -0.4 is 11.1 Å². The molecule has 0 amide bonds. The van der Waals surface area contributed by atoms with Gasteiger partial charge in [-0.15, -0.1) is 0 Å². The van der Waals surface area contributed by atoms with E-state index in [1.807, 2.05) is 0 Å². The van der Waals surface area contributed by atoms with Crippen molar-refractivity contribution in [3.8, 4) is 0 Å². The Morgan fingerprint density at radius 1 is 1.14 bits per heavy atom. The third-order valence-corrected chi connectivity index (χ3v) is 2.68. The van der Waals surface area contributed by atoms with E-state index in [1.165, 1.54) is 24.4 Å². The summed E-state index contributed by atoms with van der Waals surface area (Å²) in [6.07, 6.45) is -3.04. The average molecular weight is 294 g/mol. The molecule has 0 aliphatic rings. The first-order valence-electron chi connectivity index (χ1n) is 5.84. The van der Waals surface area contributed by atoms with E-state index in [4.69, 9.17) is 5.73 Å². The van der Waals surface area contributed by atoms with Gasteiger partial charge >= 0.3 is 6.18 Å². The summed E-state index contributed by atoms with van der Waals surface area (Å²) in [5.74, 6) is -0.491. The maximum atomic E-state index is 12.6. The molecule has 0 aliphatic heterocycles. The molecule has 6 nitrogen and oxygen atoms in total. The summed E-state index contributed by atoms with van der Waals surface area (Å²) in [6.45, 7) is 0. The molecule has 3 rings (SSSR count). The highest BCUT2D eigenvalue weighted by Gasteiger charge is 2.34. The van der Waals surface area contributed by atoms with Crippen LogP contribution in [0.3, 0.4) is 0 Å². The number of fused-ring (bicyclic) bond motifs is 1. The number of hydrogen-bond acceptors (Lipinski definition) is 5. The van der Waals surface area contributed by atoms with Crippen LogP contribution in [0.2, 0.25) is 0 Å². The van der Waals surface area contributed by atoms with Gasteiger partial charge in [-0.25, -0.2) is 9.97 Å². The van der Waals surface area contributed by atoms with Gasteiger partial charge in [0.2, 0.25) is 11.8 Å². The number of nitrogens with two attached hydrogens (primary N) is 1. The Hall–Kier alpha value is -2.84. The molecular formula is C12H9F3N6. The van der Waals surface area contributed by atoms with Crippen molar-refractivity contribution in [2.45, 2.75) is 6.18 Å². The minimum absolute atomic E-state index is 0.223. The smallest absolute Gasteiger partial charge is 0.384 e. The Balaban J connectivity index is 1.94. The molecule has 9 heteroatoms. The van der Waals surface area contributed by atoms with Crippen molar-refractivity contribution in [3.05, 3.63) is 36.3 Å². The van der Waals surface area contributed by atoms with Crippen LogP contribution in [-0.4, -0.2) is 19.9 Å². The summed E-state index contributed by atoms with van der Waals surface area (Å²) < 4.78 is 37.7. The highest BCUT2D eigenvalue weighted by molar-refractivity contribution is 5.80. The molecule has 0 saturated heterocycles. The van der Waals surface area contributed by atoms with Gasteiger partial charge in [-0.2, -0.15) is 18.2 Å². The zero-order chi connectivity index (χ0) is 15.0. The summed E-state index contributed by atoms with van der Waals surface area (Å²) >= 11 is 0. The van der Waals surface area contributed by atoms with E-state index in [0.717, 1.165) is 0 Å². The number of hydrogen-bond donors (Lipinski definition) is 3. The van der Waals surface area contributed by atoms with Gasteiger partial charge in [-0.1, -0.05) is 0 Å². The summed E-state index contributed by atoms with van der Waals surface area (Å²) in [5.41, 5.74) is 6.52. The normalized spacial score (nSPS) is 11.8. The standard InChI is InChI=1S/C12H9F3N6/c13-12(14,15)10-19-7-2-1-6(5-8(7)20-10)18-11-17-4-3-9(16)21-11/h1-5H,(H,19,20)(H3,16,17,18,21). The zero-order valence-corrected chi connectivity index (χ0v) is 10.4. The predicted octanol–water partition coefficient (Wildman–Crippen LogP) is 2.70. The van der Waals surface area contributed by atoms with E-state index in [0.29, 0.717) is 5.69 Å². The minimum Gasteiger partial charge on any atom is -0.384 e. The van der Waals surface area contributed by atoms with Crippen molar-refractivity contribution < 1.29 is 13.2 Å². The van der Waals surface area contributed by atoms with Crippen LogP contribution in [0.1, 0.15) is 5.82 Å². The van der Waals surface area contributed by atoms with E-state index in [1.54, 1.807) is 6.07 Å². The first-order chi connectivity index (χ1) is 9.91. The van der Waals surface area contributed by atoms with Crippen LogP contribution in [0.25, 0.3) is 11.0 Å². The lowest BCUT2D eigenvalue weighted by Crippen LogP contribution is -2.06. The van der Waals surface area contributed by atoms with E-state index in [9.17, 15) is 13.2 Å². The topological polar surface area (TPSA) is 92.5 Å². The number of nitrogens with one attached hydrogen (secondary N) is 2. The predicted molar refractivity (Wildman–Crippen MR) is 70.8 cm³/mol. The number of aromatic nitrogens is 4. The van der Waals surface area contributed by atoms with Crippen molar-refractivity contribution in [1.29, 1.82) is 0 Å². The van der Waals surface area contributed by atoms with Crippen LogP contribution >= 0.6 is 0 Å². The molecule has 1 aromatic carbocycles. The fraction of sp³-hybridized carbons (Fsp3) is 0.0833. The van der Waals surface area contributed by atoms with Crippen molar-refractivity contribution in [2.75, 3.05) is 11.1 Å². The molecule has 0 atom stereocenters. The first kappa shape index (κ1) is 13.2. The Labute approximate surface area is 116 Å². The van der Waals surface area contributed by atoms with E-state index >= 15 is 0 Å². The van der Waals surface area contributed by atoms with Crippen LogP contribution in [0.5, 0.6) is 0 Å². The Bertz CT molecular complexity index is 795. The number of H-pyrrole nitrogens is 1. The van der Waals surface area contributed by atoms with Gasteiger partial charge < -0.3 is 16.0 Å². The van der Waals surface area contributed by atoms with Crippen molar-refractivity contribution in [2.24, 2.45) is 0 Å². The lowest BCUT2D eigenvalue weighted by atomic mass is 10.3. The minimum atomic E-state index is -4.51. The quantitative estimate of drug-likeness (QED) is 0.675. The monoisotopic (exact) mass is 294 g/mol. The Kier molecular flexibility index (Phi) is 2.89. The van der Waals surface area contributed by atoms with Gasteiger partial charge in [0.05, 0.1) is 11.0 Å². The number of benzene rings is 1. The molecule has 0 aliphatic carbocycles. The molecule has 0 radical (unpaired) electrons. The van der Waals surface area contributed by atoms with Crippen LogP contribution in [0.15, 0.2) is 30.5 Å². The lowest BCUT2D eigenvalue weighted by molar-refractivity contribution is -0.144. The number of rotatable bonds is 2. The van der Waals surface area contributed by atoms with Crippen LogP contribution in [0.4, 0.5) is 30.6 Å². The van der Waals surface area contributed by atoms with Gasteiger partial charge in [-0.05, 0) is 24.3 Å². The SMILES string of the molecule is Nc1ccnc(Nc2ccc3nc(C(F)(F)F)[nH]c3c2)n1. The molecule has 0 saturated carbocycles. The maximum absolute atomic E-state index is 12.6. The molecule has 108 valence electrons. The second-order valence-electron chi connectivity index (χ2n) is 4.25. The zero-order valence-electron chi connectivity index (χ0n) is 10.4. The lowest BCUT2D eigenvalue weighted by Gasteiger charge is -2.04. The molecule has 21 heavy (non-hydrogen) atoms. The van der Waals surface area contributed by atoms with Crippen molar-refractivity contribution in [1.82, 2.24) is 19.9 Å². The molecule has 3 aromatic rings. The summed E-state index contributed by atoms with van der Waals surface area (Å²) in [6, 6.07) is 6.06. The second-order valence-corrected chi connectivity index (χ2v) is 4.25. The van der Waals surface area contributed by atoms with Gasteiger partial charge in [0.15, 0.2) is 0 Å². The molecule has 0 bridgehead atoms. The first-order valence-corrected chi connectivity index (χ1v) is 5.84. The number of nitrogen functional groups attached to an aromatic ring is 1. The largest absolute Gasteiger partial charge is 0.449 e. The van der Waals surface area contributed by atoms with Gasteiger partial charge in [0.25, 0.3) is 0 Å². The van der Waals surface area contributed by atoms with Crippen LogP contribution in [0, 0.1) is 0 Å².